The van der Waals surface area contributed by atoms with Crippen molar-refractivity contribution in [1.82, 2.24) is 0 Å². The maximum absolute atomic E-state index is 8.72. The molecule has 0 aliphatic heterocycles. The first-order valence-corrected chi connectivity index (χ1v) is 3.00. The number of aliphatic hydroxyl groups excluding tert-OH is 1. The monoisotopic (exact) mass is 158 g/mol. The molecule has 1 aromatic carbocycles. The lowest BCUT2D eigenvalue weighted by atomic mass is 10.1. The molecule has 0 fully saturated rings. The second-order valence-electron chi connectivity index (χ2n) is 2.08. The lowest BCUT2D eigenvalue weighted by Gasteiger charge is -1.97. The molecule has 2 heteroatoms. The van der Waals surface area contributed by atoms with Gasteiger partial charge in [0.25, 0.3) is 0 Å². The van der Waals surface area contributed by atoms with E-state index in [2.05, 4.69) is 0 Å². The third-order valence-electron chi connectivity index (χ3n) is 1.43. The van der Waals surface area contributed by atoms with Crippen molar-refractivity contribution >= 4 is 12.4 Å². The molecular formula is C8H11ClO. The van der Waals surface area contributed by atoms with Crippen LogP contribution in [0.5, 0.6) is 0 Å². The Morgan fingerprint density at radius 1 is 1.30 bits per heavy atom. The maximum atomic E-state index is 8.72. The summed E-state index contributed by atoms with van der Waals surface area (Å²) in [6.45, 7) is 2.14. The van der Waals surface area contributed by atoms with Gasteiger partial charge < -0.3 is 5.11 Å². The third-order valence-corrected chi connectivity index (χ3v) is 1.43. The fraction of sp³-hybridized carbons (Fsp3) is 0.250. The van der Waals surface area contributed by atoms with Gasteiger partial charge in [-0.2, -0.15) is 0 Å². The molecule has 0 radical (unpaired) electrons. The lowest BCUT2D eigenvalue weighted by molar-refractivity contribution is 0.281. The van der Waals surface area contributed by atoms with E-state index in [4.69, 9.17) is 5.11 Å². The summed E-state index contributed by atoms with van der Waals surface area (Å²) in [5, 5.41) is 8.72. The average molecular weight is 159 g/mol. The van der Waals surface area contributed by atoms with Crippen LogP contribution in [0.15, 0.2) is 24.3 Å². The highest BCUT2D eigenvalue weighted by molar-refractivity contribution is 5.85. The van der Waals surface area contributed by atoms with Gasteiger partial charge in [0.1, 0.15) is 0 Å². The van der Waals surface area contributed by atoms with E-state index in [1.54, 1.807) is 0 Å². The molecule has 0 aliphatic carbocycles. The molecule has 1 nitrogen and oxygen atoms in total. The summed E-state index contributed by atoms with van der Waals surface area (Å²) in [6.07, 6.45) is 0. The normalized spacial score (nSPS) is 8.60. The molecule has 0 saturated heterocycles. The van der Waals surface area contributed by atoms with Crippen LogP contribution in [0.2, 0.25) is 0 Å². The van der Waals surface area contributed by atoms with Gasteiger partial charge in [0.2, 0.25) is 0 Å². The highest BCUT2D eigenvalue weighted by Crippen LogP contribution is 2.05. The molecule has 0 atom stereocenters. The summed E-state index contributed by atoms with van der Waals surface area (Å²) in [4.78, 5) is 0. The summed E-state index contributed by atoms with van der Waals surface area (Å²) in [5.74, 6) is 0. The van der Waals surface area contributed by atoms with Crippen LogP contribution >= 0.6 is 12.4 Å². The average Bonchev–Trinajstić information content (AvgIpc) is 1.89. The van der Waals surface area contributed by atoms with E-state index in [0.717, 1.165) is 11.1 Å². The van der Waals surface area contributed by atoms with E-state index in [-0.39, 0.29) is 19.0 Å². The second kappa shape index (κ2) is 4.31. The molecule has 0 bridgehead atoms. The van der Waals surface area contributed by atoms with Gasteiger partial charge >= 0.3 is 0 Å². The van der Waals surface area contributed by atoms with Gasteiger partial charge in [-0.15, -0.1) is 12.4 Å². The van der Waals surface area contributed by atoms with E-state index in [1.165, 1.54) is 0 Å². The first kappa shape index (κ1) is 9.47. The first-order chi connectivity index (χ1) is 4.34. The largest absolute Gasteiger partial charge is 0.392 e. The Morgan fingerprint density at radius 2 is 1.90 bits per heavy atom. The second-order valence-corrected chi connectivity index (χ2v) is 2.08. The fourth-order valence-electron chi connectivity index (χ4n) is 0.787. The smallest absolute Gasteiger partial charge is 0.0684 e. The Hall–Kier alpha value is -0.530. The Morgan fingerprint density at radius 3 is 2.30 bits per heavy atom. The minimum Gasteiger partial charge on any atom is -0.392 e. The van der Waals surface area contributed by atoms with Gasteiger partial charge in [0.05, 0.1) is 6.61 Å². The van der Waals surface area contributed by atoms with Gasteiger partial charge in [0.15, 0.2) is 0 Å². The minimum absolute atomic E-state index is 0. The van der Waals surface area contributed by atoms with Crippen LogP contribution < -0.4 is 0 Å². The van der Waals surface area contributed by atoms with Crippen LogP contribution in [0.25, 0.3) is 0 Å². The quantitative estimate of drug-likeness (QED) is 0.662. The van der Waals surface area contributed by atoms with Crippen molar-refractivity contribution in [1.29, 1.82) is 0 Å². The van der Waals surface area contributed by atoms with Crippen molar-refractivity contribution in [3.63, 3.8) is 0 Å². The van der Waals surface area contributed by atoms with Gasteiger partial charge in [-0.25, -0.2) is 0 Å². The minimum atomic E-state index is 0. The number of aliphatic hydroxyl groups is 1. The van der Waals surface area contributed by atoms with Crippen LogP contribution in [-0.4, -0.2) is 5.11 Å². The Labute approximate surface area is 67.1 Å². The predicted octanol–water partition coefficient (Wildman–Crippen LogP) is 1.91. The number of rotatable bonds is 1. The lowest BCUT2D eigenvalue weighted by Crippen LogP contribution is -1.85. The van der Waals surface area contributed by atoms with Crippen molar-refractivity contribution in [2.45, 2.75) is 13.5 Å². The van der Waals surface area contributed by atoms with Crippen LogP contribution in [-0.2, 0) is 6.61 Å². The SMILES string of the molecule is Cc1ccccc1CO.Cl. The van der Waals surface area contributed by atoms with E-state index in [9.17, 15) is 0 Å². The number of aryl methyl sites for hydroxylation is 1. The summed E-state index contributed by atoms with van der Waals surface area (Å²) < 4.78 is 0. The zero-order valence-corrected chi connectivity index (χ0v) is 6.69. The topological polar surface area (TPSA) is 20.2 Å². The summed E-state index contributed by atoms with van der Waals surface area (Å²) in [5.41, 5.74) is 2.16. The molecule has 0 spiro atoms. The Kier molecular flexibility index (Phi) is 4.08. The summed E-state index contributed by atoms with van der Waals surface area (Å²) in [6, 6.07) is 7.81. The molecule has 0 aliphatic rings. The number of hydrogen-bond acceptors (Lipinski definition) is 1. The third kappa shape index (κ3) is 2.01. The maximum Gasteiger partial charge on any atom is 0.0684 e. The Bertz CT molecular complexity index is 198. The summed E-state index contributed by atoms with van der Waals surface area (Å²) >= 11 is 0. The van der Waals surface area contributed by atoms with E-state index < -0.39 is 0 Å². The first-order valence-electron chi connectivity index (χ1n) is 3.00. The van der Waals surface area contributed by atoms with E-state index in [1.807, 2.05) is 31.2 Å². The molecule has 0 unspecified atom stereocenters. The van der Waals surface area contributed by atoms with E-state index >= 15 is 0 Å². The molecule has 0 amide bonds. The van der Waals surface area contributed by atoms with Crippen LogP contribution in [0.1, 0.15) is 11.1 Å². The van der Waals surface area contributed by atoms with Crippen molar-refractivity contribution in [3.8, 4) is 0 Å². The molecule has 0 heterocycles. The van der Waals surface area contributed by atoms with Gasteiger partial charge in [-0.3, -0.25) is 0 Å². The van der Waals surface area contributed by atoms with Gasteiger partial charge in [-0.1, -0.05) is 24.3 Å². The molecular weight excluding hydrogens is 148 g/mol. The number of halogens is 1. The number of hydrogen-bond donors (Lipinski definition) is 1. The van der Waals surface area contributed by atoms with Crippen LogP contribution in [0, 0.1) is 6.92 Å². The van der Waals surface area contributed by atoms with Crippen molar-refractivity contribution in [3.05, 3.63) is 35.4 Å². The predicted molar refractivity (Wildman–Crippen MR) is 44.3 cm³/mol. The molecule has 0 saturated carbocycles. The van der Waals surface area contributed by atoms with Crippen molar-refractivity contribution in [2.24, 2.45) is 0 Å². The van der Waals surface area contributed by atoms with Gasteiger partial charge in [0, 0.05) is 0 Å². The number of benzene rings is 1. The molecule has 0 aromatic heterocycles. The Balaban J connectivity index is 0.000000810. The fourth-order valence-corrected chi connectivity index (χ4v) is 0.787. The van der Waals surface area contributed by atoms with Crippen LogP contribution in [0.4, 0.5) is 0 Å². The molecule has 1 aromatic rings. The zero-order valence-electron chi connectivity index (χ0n) is 5.87. The zero-order chi connectivity index (χ0) is 6.69. The van der Waals surface area contributed by atoms with Crippen molar-refractivity contribution < 1.29 is 5.11 Å². The van der Waals surface area contributed by atoms with Crippen molar-refractivity contribution in [2.75, 3.05) is 0 Å². The van der Waals surface area contributed by atoms with Crippen LogP contribution in [0.3, 0.4) is 0 Å². The molecule has 10 heavy (non-hydrogen) atoms. The van der Waals surface area contributed by atoms with Gasteiger partial charge in [-0.05, 0) is 18.1 Å². The summed E-state index contributed by atoms with van der Waals surface area (Å²) in [7, 11) is 0. The highest BCUT2D eigenvalue weighted by Gasteiger charge is 1.90. The molecule has 1 rings (SSSR count). The standard InChI is InChI=1S/C8H10O.ClH/c1-7-4-2-3-5-8(7)6-9;/h2-5,9H,6H2,1H3;1H. The highest BCUT2D eigenvalue weighted by atomic mass is 35.5. The molecule has 56 valence electrons. The van der Waals surface area contributed by atoms with E-state index in [0.29, 0.717) is 0 Å². The molecule has 1 N–H and O–H groups in total.